The van der Waals surface area contributed by atoms with Crippen molar-refractivity contribution < 1.29 is 33.6 Å². The summed E-state index contributed by atoms with van der Waals surface area (Å²) in [6, 6.07) is 0. The van der Waals surface area contributed by atoms with Crippen molar-refractivity contribution in [3.63, 3.8) is 0 Å². The maximum absolute atomic E-state index is 12.5. The maximum Gasteiger partial charge on any atom is 0.185 e. The molecule has 0 heterocycles. The Morgan fingerprint density at radius 1 is 0.280 bits per heavy atom. The summed E-state index contributed by atoms with van der Waals surface area (Å²) in [4.78, 5) is 98.0. The molecule has 0 radical (unpaired) electrons. The van der Waals surface area contributed by atoms with Crippen LogP contribution in [0.15, 0.2) is 61.6 Å². The number of amidine groups is 1. The summed E-state index contributed by atoms with van der Waals surface area (Å²) in [6.07, 6.45) is 20.7. The number of Topliss-reactive ketones (excluding diaryl/α,β-unsaturated/α-hetero) is 7. The minimum absolute atomic E-state index is 0.0862. The van der Waals surface area contributed by atoms with Crippen molar-refractivity contribution in [2.75, 3.05) is 39.3 Å². The number of ketones is 7. The fourth-order valence-corrected chi connectivity index (χ4v) is 12.6. The first-order valence-corrected chi connectivity index (χ1v) is 44.1. The monoisotopic (exact) mass is 1660 g/mol. The number of carbonyl (C=O) groups is 7. The molecule has 18 heteroatoms. The van der Waals surface area contributed by atoms with Crippen LogP contribution in [0.2, 0.25) is 0 Å². The Labute approximate surface area is 729 Å². The summed E-state index contributed by atoms with van der Waals surface area (Å²) >= 11 is 0. The zero-order valence-corrected chi connectivity index (χ0v) is 85.7. The van der Waals surface area contributed by atoms with Gasteiger partial charge in [0, 0.05) is 75.3 Å². The highest BCUT2D eigenvalue weighted by Crippen LogP contribution is 2.38. The van der Waals surface area contributed by atoms with Gasteiger partial charge in [-0.15, -0.1) is 0 Å². The maximum atomic E-state index is 12.5. The molecule has 118 heavy (non-hydrogen) atoms. The van der Waals surface area contributed by atoms with E-state index in [9.17, 15) is 33.6 Å². The van der Waals surface area contributed by atoms with Gasteiger partial charge in [-0.1, -0.05) is 322 Å². The van der Waals surface area contributed by atoms with Crippen LogP contribution in [0, 0.1) is 93.6 Å². The Kier molecular flexibility index (Phi) is 58.5. The lowest BCUT2D eigenvalue weighted by atomic mass is 9.74. The second kappa shape index (κ2) is 54.9. The number of aliphatic imine (C=N–C) groups is 3. The summed E-state index contributed by atoms with van der Waals surface area (Å²) in [7, 11) is 0. The van der Waals surface area contributed by atoms with E-state index in [0.717, 1.165) is 112 Å². The van der Waals surface area contributed by atoms with Crippen molar-refractivity contribution in [3.8, 4) is 0 Å². The number of rotatable bonds is 31. The van der Waals surface area contributed by atoms with Crippen LogP contribution < -0.4 is 45.9 Å². The van der Waals surface area contributed by atoms with E-state index < -0.39 is 0 Å². The molecular weight excluding hydrogens is 1470 g/mol. The summed E-state index contributed by atoms with van der Waals surface area (Å²) in [5.41, 5.74) is 46.0. The highest BCUT2D eigenvalue weighted by atomic mass is 16.2. The molecule has 16 N–H and O–H groups in total. The molecule has 694 valence electrons. The standard InChI is InChI=1S/C16H30N2O.C15H31N3O.C15H29N3O.C14H29NO.2C14H27NO.C12H24O/c1-12(17)18-10-8-9-13(11-15(2,3)4)14(19)16(5,6)7;2*1-14(2,3)10-11(12(19)15(4,5)6)8-7-9-18-13(16)17;3*1-13(2,3)10-11(8-7-9-15)12(16)14(4,5)6;1-9(8-11(2,3)4)10(13)12(5,6)7/h9H,8,10-11H2,1-7H3,(H2,17,18);11H,7-10H2,1-6H3,(H4,16,17,18);8H,7,9-10H2,1-6H3,(H4,16,17,18);11H,7-10,15H2,1-6H3;2*8H,7,9-10,15H2,1-6H3;9H,8H2,1-7H3/b13-9-;;11-8+;;11-8+;11-8-;/t;11-;;11-;;;9-/m.1.1..1/s1. The van der Waals surface area contributed by atoms with Crippen LogP contribution >= 0.6 is 0 Å². The minimum Gasteiger partial charge on any atom is -0.388 e. The molecule has 0 amide bonds. The number of nitrogens with zero attached hydrogens (tertiary/aromatic N) is 3. The molecule has 0 bridgehead atoms. The number of hydrogen-bond acceptors (Lipinski definition) is 13. The number of nitrogens with two attached hydrogens (primary N) is 8. The predicted octanol–water partition coefficient (Wildman–Crippen LogP) is 22.8. The quantitative estimate of drug-likeness (QED) is 0.0138. The first-order chi connectivity index (χ1) is 52.1. The van der Waals surface area contributed by atoms with Gasteiger partial charge in [-0.05, 0) is 183 Å². The van der Waals surface area contributed by atoms with Crippen LogP contribution in [0.3, 0.4) is 0 Å². The second-order valence-corrected chi connectivity index (χ2v) is 48.6. The number of allylic oxidation sites excluding steroid dienone is 4. The van der Waals surface area contributed by atoms with Crippen LogP contribution in [-0.2, 0) is 33.6 Å². The van der Waals surface area contributed by atoms with E-state index in [4.69, 9.17) is 45.9 Å². The topological polar surface area (TPSA) is 365 Å². The Balaban J connectivity index is -0.000000244. The highest BCUT2D eigenvalue weighted by Gasteiger charge is 2.36. The third-order valence-corrected chi connectivity index (χ3v) is 17.4. The van der Waals surface area contributed by atoms with Crippen LogP contribution in [0.1, 0.15) is 401 Å². The van der Waals surface area contributed by atoms with Crippen LogP contribution in [-0.4, -0.2) is 97.5 Å². The van der Waals surface area contributed by atoms with E-state index >= 15 is 0 Å². The molecule has 0 aliphatic heterocycles. The van der Waals surface area contributed by atoms with Crippen LogP contribution in [0.25, 0.3) is 0 Å². The summed E-state index contributed by atoms with van der Waals surface area (Å²) < 4.78 is 0. The van der Waals surface area contributed by atoms with E-state index in [0.29, 0.717) is 68.9 Å². The Morgan fingerprint density at radius 2 is 0.508 bits per heavy atom. The molecule has 0 saturated heterocycles. The van der Waals surface area contributed by atoms with E-state index in [1.165, 1.54) is 0 Å². The van der Waals surface area contributed by atoms with Crippen LogP contribution in [0.5, 0.6) is 0 Å². The predicted molar refractivity (Wildman–Crippen MR) is 516 cm³/mol. The minimum atomic E-state index is -0.354. The van der Waals surface area contributed by atoms with Crippen molar-refractivity contribution >= 4 is 58.2 Å². The van der Waals surface area contributed by atoms with Crippen molar-refractivity contribution in [2.24, 2.45) is 154 Å². The smallest absolute Gasteiger partial charge is 0.185 e. The average Bonchev–Trinajstić information content (AvgIpc) is 0.880. The molecule has 0 spiro atoms. The zero-order valence-electron chi connectivity index (χ0n) is 85.7. The fourth-order valence-electron chi connectivity index (χ4n) is 12.6. The van der Waals surface area contributed by atoms with Crippen molar-refractivity contribution in [1.29, 1.82) is 0 Å². The van der Waals surface area contributed by atoms with Crippen molar-refractivity contribution in [1.82, 2.24) is 0 Å². The zero-order chi connectivity index (χ0) is 95.6. The largest absolute Gasteiger partial charge is 0.388 e. The first kappa shape index (κ1) is 126. The molecule has 0 aliphatic carbocycles. The van der Waals surface area contributed by atoms with E-state index in [-0.39, 0.29) is 129 Å². The summed E-state index contributed by atoms with van der Waals surface area (Å²) in [5, 5.41) is 0. The molecule has 0 aromatic heterocycles. The fraction of sp³-hybridized carbons (Fsp3) is 0.820. The van der Waals surface area contributed by atoms with E-state index in [1.807, 2.05) is 177 Å². The van der Waals surface area contributed by atoms with Crippen LogP contribution in [0.4, 0.5) is 0 Å². The van der Waals surface area contributed by atoms with Gasteiger partial charge in [-0.3, -0.25) is 48.5 Å². The normalized spacial score (nSPS) is 14.3. The van der Waals surface area contributed by atoms with Gasteiger partial charge < -0.3 is 45.9 Å². The third kappa shape index (κ3) is 75.5. The summed E-state index contributed by atoms with van der Waals surface area (Å²) in [6.45, 7) is 94.4. The first-order valence-electron chi connectivity index (χ1n) is 44.1. The molecule has 0 fully saturated rings. The van der Waals surface area contributed by atoms with Gasteiger partial charge in [-0.25, -0.2) is 0 Å². The lowest BCUT2D eigenvalue weighted by molar-refractivity contribution is -0.132. The highest BCUT2D eigenvalue weighted by molar-refractivity contribution is 6.01. The van der Waals surface area contributed by atoms with Crippen molar-refractivity contribution in [3.05, 3.63) is 46.6 Å². The number of guanidine groups is 2. The lowest BCUT2D eigenvalue weighted by Gasteiger charge is -2.30. The van der Waals surface area contributed by atoms with E-state index in [1.54, 1.807) is 6.92 Å². The third-order valence-electron chi connectivity index (χ3n) is 17.4. The van der Waals surface area contributed by atoms with Gasteiger partial charge in [0.1, 0.15) is 17.3 Å². The Morgan fingerprint density at radius 3 is 0.703 bits per heavy atom. The molecule has 0 aromatic rings. The number of carbonyl (C=O) groups excluding carboxylic acids is 7. The molecule has 18 nitrogen and oxygen atoms in total. The second-order valence-electron chi connectivity index (χ2n) is 48.6. The molecule has 0 unspecified atom stereocenters. The van der Waals surface area contributed by atoms with Gasteiger partial charge in [-0.2, -0.15) is 0 Å². The van der Waals surface area contributed by atoms with Crippen molar-refractivity contribution in [2.45, 2.75) is 401 Å². The molecule has 0 aromatic carbocycles. The summed E-state index contributed by atoms with van der Waals surface area (Å²) in [5.74, 6) is 3.27. The van der Waals surface area contributed by atoms with Gasteiger partial charge in [0.05, 0.1) is 5.84 Å². The Hall–Kier alpha value is -5.46. The number of hydrogen-bond donors (Lipinski definition) is 8. The molecule has 0 aliphatic rings. The molecule has 0 saturated carbocycles. The molecule has 0 rings (SSSR count). The van der Waals surface area contributed by atoms with Gasteiger partial charge in [0.15, 0.2) is 35.1 Å². The van der Waals surface area contributed by atoms with E-state index in [2.05, 4.69) is 160 Å². The molecular formula is C100H197N11O7. The Bertz CT molecular complexity index is 3020. The van der Waals surface area contributed by atoms with Gasteiger partial charge in [0.25, 0.3) is 0 Å². The average molecular weight is 1670 g/mol. The van der Waals surface area contributed by atoms with Gasteiger partial charge in [0.2, 0.25) is 0 Å². The molecule has 3 atom stereocenters. The lowest BCUT2D eigenvalue weighted by Crippen LogP contribution is -2.31. The van der Waals surface area contributed by atoms with Gasteiger partial charge >= 0.3 is 0 Å². The SMILES string of the molecule is CC(C)(C)C/C(=C/CCN)C(=O)C(C)(C)C.CC(C)(C)C/C(=C\CCN)C(=O)C(C)(C)C.CC(C)(C)C/C(=C\CCN=C(N)N)C(=O)C(C)(C)C.CC(C)(C)C[C@@H](CCCN)C(=O)C(C)(C)C.CC(C)(C)C[C@@H](CCCN=C(N)N)C(=O)C(C)(C)C.CC(N)=NCC/C=C(/CC(C)(C)C)C(=O)C(C)(C)C.C[C@H](CC(C)(C)C)C(=O)C(C)(C)C.